The van der Waals surface area contributed by atoms with Crippen molar-refractivity contribution < 1.29 is 9.18 Å². The Balaban J connectivity index is 1.97. The van der Waals surface area contributed by atoms with Crippen LogP contribution in [0.2, 0.25) is 0 Å². The largest absolute Gasteiger partial charge is 0.299 e. The van der Waals surface area contributed by atoms with E-state index in [0.29, 0.717) is 12.8 Å². The second kappa shape index (κ2) is 5.03. The highest BCUT2D eigenvalue weighted by atomic mass is 32.1. The molecule has 0 aliphatic heterocycles. The smallest absolute Gasteiger partial charge is 0.141 e. The fourth-order valence-electron chi connectivity index (χ4n) is 1.56. The Hall–Kier alpha value is -1.48. The van der Waals surface area contributed by atoms with Crippen LogP contribution < -0.4 is 0 Å². The Bertz CT molecular complexity index is 476. The highest BCUT2D eigenvalue weighted by Crippen LogP contribution is 2.10. The first-order valence-corrected chi connectivity index (χ1v) is 5.95. The zero-order valence-electron chi connectivity index (χ0n) is 8.65. The molecule has 0 bridgehead atoms. The number of carbonyl (C=O) groups excluding carboxylic acids is 1. The average Bonchev–Trinajstić information content (AvgIpc) is 2.70. The van der Waals surface area contributed by atoms with Crippen LogP contribution in [0.5, 0.6) is 0 Å². The van der Waals surface area contributed by atoms with E-state index in [4.69, 9.17) is 0 Å². The Morgan fingerprint density at radius 2 is 2.00 bits per heavy atom. The van der Waals surface area contributed by atoms with Gasteiger partial charge >= 0.3 is 0 Å². The van der Waals surface area contributed by atoms with Crippen molar-refractivity contribution >= 4 is 17.1 Å². The van der Waals surface area contributed by atoms with Gasteiger partial charge < -0.3 is 0 Å². The summed E-state index contributed by atoms with van der Waals surface area (Å²) < 4.78 is 12.9. The van der Waals surface area contributed by atoms with Crippen LogP contribution in [0.15, 0.2) is 41.1 Å². The SMILES string of the molecule is O=C(Cc1ccsc1)Cc1cccc(F)c1. The van der Waals surface area contributed by atoms with Gasteiger partial charge in [-0.15, -0.1) is 0 Å². The molecule has 16 heavy (non-hydrogen) atoms. The molecule has 1 aromatic carbocycles. The van der Waals surface area contributed by atoms with Crippen LogP contribution in [0.4, 0.5) is 4.39 Å². The standard InChI is InChI=1S/C13H11FOS/c14-12-3-1-2-10(6-12)7-13(15)8-11-4-5-16-9-11/h1-6,9H,7-8H2. The number of benzene rings is 1. The van der Waals surface area contributed by atoms with Crippen molar-refractivity contribution in [3.05, 3.63) is 58.0 Å². The Kier molecular flexibility index (Phi) is 3.47. The zero-order chi connectivity index (χ0) is 11.4. The Morgan fingerprint density at radius 1 is 1.19 bits per heavy atom. The fourth-order valence-corrected chi connectivity index (χ4v) is 2.23. The summed E-state index contributed by atoms with van der Waals surface area (Å²) in [5, 5.41) is 3.91. The van der Waals surface area contributed by atoms with Gasteiger partial charge in [0.2, 0.25) is 0 Å². The molecular weight excluding hydrogens is 223 g/mol. The first-order valence-electron chi connectivity index (χ1n) is 5.01. The van der Waals surface area contributed by atoms with Crippen LogP contribution in [-0.4, -0.2) is 5.78 Å². The highest BCUT2D eigenvalue weighted by molar-refractivity contribution is 7.07. The second-order valence-electron chi connectivity index (χ2n) is 3.65. The quantitative estimate of drug-likeness (QED) is 0.793. The third-order valence-corrected chi connectivity index (χ3v) is 3.00. The van der Waals surface area contributed by atoms with Gasteiger partial charge in [-0.25, -0.2) is 4.39 Å². The van der Waals surface area contributed by atoms with Crippen molar-refractivity contribution in [3.63, 3.8) is 0 Å². The van der Waals surface area contributed by atoms with Gasteiger partial charge in [-0.2, -0.15) is 11.3 Å². The lowest BCUT2D eigenvalue weighted by Crippen LogP contribution is -2.05. The lowest BCUT2D eigenvalue weighted by atomic mass is 10.0. The van der Waals surface area contributed by atoms with E-state index in [1.165, 1.54) is 12.1 Å². The van der Waals surface area contributed by atoms with Gasteiger partial charge in [0.25, 0.3) is 0 Å². The Morgan fingerprint density at radius 3 is 2.69 bits per heavy atom. The van der Waals surface area contributed by atoms with E-state index < -0.39 is 0 Å². The molecule has 0 spiro atoms. The topological polar surface area (TPSA) is 17.1 Å². The van der Waals surface area contributed by atoms with E-state index in [9.17, 15) is 9.18 Å². The van der Waals surface area contributed by atoms with Crippen LogP contribution in [0, 0.1) is 5.82 Å². The molecule has 2 aromatic rings. The molecule has 82 valence electrons. The predicted octanol–water partition coefficient (Wildman–Crippen LogP) is 3.24. The molecule has 0 aliphatic rings. The van der Waals surface area contributed by atoms with Crippen LogP contribution in [0.1, 0.15) is 11.1 Å². The number of ketones is 1. The number of Topliss-reactive ketones (excluding diaryl/α,β-unsaturated/α-hetero) is 1. The minimum absolute atomic E-state index is 0.115. The van der Waals surface area contributed by atoms with Crippen molar-refractivity contribution in [2.75, 3.05) is 0 Å². The first kappa shape index (κ1) is 11.0. The summed E-state index contributed by atoms with van der Waals surface area (Å²) in [6.45, 7) is 0. The fraction of sp³-hybridized carbons (Fsp3) is 0.154. The number of carbonyl (C=O) groups is 1. The maximum Gasteiger partial charge on any atom is 0.141 e. The van der Waals surface area contributed by atoms with E-state index in [-0.39, 0.29) is 11.6 Å². The van der Waals surface area contributed by atoms with Gasteiger partial charge in [-0.05, 0) is 40.1 Å². The second-order valence-corrected chi connectivity index (χ2v) is 4.43. The molecule has 1 nitrogen and oxygen atoms in total. The van der Waals surface area contributed by atoms with Gasteiger partial charge in [-0.1, -0.05) is 12.1 Å². The summed E-state index contributed by atoms with van der Waals surface area (Å²) in [6, 6.07) is 8.13. The highest BCUT2D eigenvalue weighted by Gasteiger charge is 2.06. The number of thiophene rings is 1. The van der Waals surface area contributed by atoms with Crippen LogP contribution in [0.3, 0.4) is 0 Å². The third-order valence-electron chi connectivity index (χ3n) is 2.27. The van der Waals surface area contributed by atoms with Crippen LogP contribution >= 0.6 is 11.3 Å². The van der Waals surface area contributed by atoms with Gasteiger partial charge in [0.05, 0.1) is 0 Å². The van der Waals surface area contributed by atoms with E-state index in [1.807, 2.05) is 16.8 Å². The lowest BCUT2D eigenvalue weighted by Gasteiger charge is -2.00. The van der Waals surface area contributed by atoms with E-state index in [2.05, 4.69) is 0 Å². The van der Waals surface area contributed by atoms with Crippen molar-refractivity contribution in [2.45, 2.75) is 12.8 Å². The Labute approximate surface area is 97.6 Å². The van der Waals surface area contributed by atoms with Gasteiger partial charge in [-0.3, -0.25) is 4.79 Å². The van der Waals surface area contributed by atoms with Crippen LogP contribution in [0.25, 0.3) is 0 Å². The molecule has 0 unspecified atom stereocenters. The van der Waals surface area contributed by atoms with E-state index in [1.54, 1.807) is 23.5 Å². The molecule has 0 N–H and O–H groups in total. The van der Waals surface area contributed by atoms with Gasteiger partial charge in [0, 0.05) is 12.8 Å². The summed E-state index contributed by atoms with van der Waals surface area (Å²) >= 11 is 1.58. The molecule has 0 saturated heterocycles. The monoisotopic (exact) mass is 234 g/mol. The summed E-state index contributed by atoms with van der Waals surface area (Å²) in [4.78, 5) is 11.7. The molecule has 0 aliphatic carbocycles. The van der Waals surface area contributed by atoms with Crippen molar-refractivity contribution in [1.29, 1.82) is 0 Å². The van der Waals surface area contributed by atoms with Crippen molar-refractivity contribution in [3.8, 4) is 0 Å². The summed E-state index contributed by atoms with van der Waals surface area (Å²) in [7, 11) is 0. The minimum atomic E-state index is -0.291. The van der Waals surface area contributed by atoms with Gasteiger partial charge in [0.15, 0.2) is 0 Å². The average molecular weight is 234 g/mol. The molecule has 0 atom stereocenters. The molecule has 0 fully saturated rings. The van der Waals surface area contributed by atoms with Crippen molar-refractivity contribution in [2.24, 2.45) is 0 Å². The van der Waals surface area contributed by atoms with Crippen molar-refractivity contribution in [1.82, 2.24) is 0 Å². The predicted molar refractivity (Wildman–Crippen MR) is 63.1 cm³/mol. The van der Waals surface area contributed by atoms with E-state index >= 15 is 0 Å². The maximum absolute atomic E-state index is 12.9. The summed E-state index contributed by atoms with van der Waals surface area (Å²) in [5.41, 5.74) is 1.77. The van der Waals surface area contributed by atoms with E-state index in [0.717, 1.165) is 11.1 Å². The molecule has 1 heterocycles. The summed E-state index contributed by atoms with van der Waals surface area (Å²) in [6.07, 6.45) is 0.730. The number of rotatable bonds is 4. The van der Waals surface area contributed by atoms with Crippen LogP contribution in [-0.2, 0) is 17.6 Å². The maximum atomic E-state index is 12.9. The third kappa shape index (κ3) is 3.00. The molecular formula is C13H11FOS. The molecule has 3 heteroatoms. The molecule has 2 rings (SSSR count). The molecule has 0 saturated carbocycles. The number of halogens is 1. The molecule has 1 aromatic heterocycles. The first-order chi connectivity index (χ1) is 7.74. The minimum Gasteiger partial charge on any atom is -0.299 e. The number of hydrogen-bond acceptors (Lipinski definition) is 2. The van der Waals surface area contributed by atoms with Gasteiger partial charge in [0.1, 0.15) is 11.6 Å². The lowest BCUT2D eigenvalue weighted by molar-refractivity contribution is -0.117. The number of hydrogen-bond donors (Lipinski definition) is 0. The normalized spacial score (nSPS) is 10.3. The summed E-state index contributed by atoms with van der Waals surface area (Å²) in [5.74, 6) is -0.176. The zero-order valence-corrected chi connectivity index (χ0v) is 9.47. The molecule has 0 amide bonds. The molecule has 0 radical (unpaired) electrons.